The molecule has 13 aromatic carbocycles. The van der Waals surface area contributed by atoms with Gasteiger partial charge in [-0.2, -0.15) is 0 Å². The average Bonchev–Trinajstić information content (AvgIpc) is 1.51. The maximum atomic E-state index is 5.12. The second kappa shape index (κ2) is 22.9. The molecule has 17 rings (SSSR count). The van der Waals surface area contributed by atoms with Crippen LogP contribution in [0.15, 0.2) is 328 Å². The van der Waals surface area contributed by atoms with Gasteiger partial charge in [-0.3, -0.25) is 0 Å². The fraction of sp³-hybridized carbons (Fsp3) is 0. The van der Waals surface area contributed by atoms with Gasteiger partial charge in [-0.05, 0) is 105 Å². The molecule has 0 bridgehead atoms. The standard InChI is InChI=1S/C84H54N8/c1-5-21-59(22-6-1)79-85-80(60-23-7-2-8-24-60)88-83(87-79)63-41-37-55(38-42-63)71-53-72(56-39-43-64(44-40-56)84-89-81(61-25-9-3-10-26-61)86-82(90-84)62-27-11-4-12-28-62)74(58-47-51-66(52-48-58)92-77-35-19-15-31-69(77)70-32-16-20-36-78(70)92)54-73(71)57-45-49-65(50-46-57)91-75-33-17-13-29-67(75)68-30-14-18-34-76(68)91/h1-54H. The van der Waals surface area contributed by atoms with E-state index in [1.165, 1.54) is 21.5 Å². The topological polar surface area (TPSA) is 87.2 Å². The number of nitrogens with zero attached hydrogens (tertiary/aromatic N) is 8. The number of rotatable bonds is 12. The largest absolute Gasteiger partial charge is 0.309 e. The molecule has 0 aliphatic rings. The Labute approximate surface area is 531 Å². The molecule has 8 heteroatoms. The van der Waals surface area contributed by atoms with Crippen LogP contribution in [0, 0.1) is 0 Å². The quantitative estimate of drug-likeness (QED) is 0.121. The molecule has 0 radical (unpaired) electrons. The molecule has 0 aliphatic heterocycles. The lowest BCUT2D eigenvalue weighted by molar-refractivity contribution is 1.07. The Morgan fingerprint density at radius 2 is 0.348 bits per heavy atom. The van der Waals surface area contributed by atoms with Crippen molar-refractivity contribution in [2.75, 3.05) is 0 Å². The van der Waals surface area contributed by atoms with Gasteiger partial charge in [0, 0.05) is 66.3 Å². The van der Waals surface area contributed by atoms with Crippen molar-refractivity contribution in [3.05, 3.63) is 328 Å². The van der Waals surface area contributed by atoms with E-state index in [0.717, 1.165) is 111 Å². The van der Waals surface area contributed by atoms with Crippen LogP contribution >= 0.6 is 0 Å². The third-order valence-electron chi connectivity index (χ3n) is 17.5. The SMILES string of the molecule is c1ccc(-c2nc(-c3ccccc3)nc(-c3ccc(-c4cc(-c5ccc(-c6nc(-c7ccccc7)nc(-c7ccccc7)n6)cc5)c(-c5ccc(-n6c7ccccc7c7ccccc76)cc5)cc4-c4ccc(-n5c6ccccc6c6ccccc65)cc4)cc3)n2)cc1. The summed E-state index contributed by atoms with van der Waals surface area (Å²) < 4.78 is 4.75. The van der Waals surface area contributed by atoms with Gasteiger partial charge in [0.05, 0.1) is 22.1 Å². The summed E-state index contributed by atoms with van der Waals surface area (Å²) in [7, 11) is 0. The molecular formula is C84H54N8. The molecule has 430 valence electrons. The van der Waals surface area contributed by atoms with Crippen LogP contribution in [-0.4, -0.2) is 39.0 Å². The van der Waals surface area contributed by atoms with Gasteiger partial charge in [-0.25, -0.2) is 29.9 Å². The summed E-state index contributed by atoms with van der Waals surface area (Å²) in [5.41, 5.74) is 20.8. The van der Waals surface area contributed by atoms with E-state index >= 15 is 0 Å². The molecule has 0 spiro atoms. The molecule has 0 N–H and O–H groups in total. The van der Waals surface area contributed by atoms with Crippen LogP contribution in [0.1, 0.15) is 0 Å². The van der Waals surface area contributed by atoms with Crippen LogP contribution in [0.25, 0.3) is 168 Å². The van der Waals surface area contributed by atoms with Gasteiger partial charge < -0.3 is 9.13 Å². The predicted molar refractivity (Wildman–Crippen MR) is 376 cm³/mol. The minimum absolute atomic E-state index is 0.593. The van der Waals surface area contributed by atoms with Crippen LogP contribution in [0.2, 0.25) is 0 Å². The van der Waals surface area contributed by atoms with Crippen molar-refractivity contribution in [3.8, 4) is 124 Å². The zero-order chi connectivity index (χ0) is 60.9. The lowest BCUT2D eigenvalue weighted by Gasteiger charge is -2.19. The van der Waals surface area contributed by atoms with Gasteiger partial charge in [0.1, 0.15) is 0 Å². The summed E-state index contributed by atoms with van der Waals surface area (Å²) in [6.07, 6.45) is 0. The molecule has 0 saturated heterocycles. The summed E-state index contributed by atoms with van der Waals surface area (Å²) in [5, 5.41) is 4.90. The van der Waals surface area contributed by atoms with Crippen LogP contribution in [0.4, 0.5) is 0 Å². The number of benzene rings is 13. The maximum absolute atomic E-state index is 5.12. The fourth-order valence-corrected chi connectivity index (χ4v) is 13.0. The highest BCUT2D eigenvalue weighted by atomic mass is 15.0. The molecule has 0 saturated carbocycles. The highest BCUT2D eigenvalue weighted by Crippen LogP contribution is 2.45. The molecule has 92 heavy (non-hydrogen) atoms. The first-order chi connectivity index (χ1) is 45.6. The lowest BCUT2D eigenvalue weighted by atomic mass is 9.85. The third-order valence-corrected chi connectivity index (χ3v) is 17.5. The van der Waals surface area contributed by atoms with Gasteiger partial charge in [0.15, 0.2) is 34.9 Å². The van der Waals surface area contributed by atoms with E-state index in [2.05, 4.69) is 215 Å². The zero-order valence-corrected chi connectivity index (χ0v) is 49.8. The second-order valence-electron chi connectivity index (χ2n) is 23.0. The maximum Gasteiger partial charge on any atom is 0.164 e. The van der Waals surface area contributed by atoms with Crippen molar-refractivity contribution < 1.29 is 0 Å². The second-order valence-corrected chi connectivity index (χ2v) is 23.0. The van der Waals surface area contributed by atoms with E-state index in [1.54, 1.807) is 0 Å². The first kappa shape index (κ1) is 53.7. The van der Waals surface area contributed by atoms with E-state index < -0.39 is 0 Å². The number of fused-ring (bicyclic) bond motifs is 6. The Bertz CT molecular complexity index is 5000. The molecule has 4 aromatic heterocycles. The summed E-state index contributed by atoms with van der Waals surface area (Å²) in [5.74, 6) is 3.64. The molecule has 0 atom stereocenters. The van der Waals surface area contributed by atoms with E-state index in [1.807, 2.05) is 121 Å². The van der Waals surface area contributed by atoms with Crippen molar-refractivity contribution in [2.24, 2.45) is 0 Å². The monoisotopic (exact) mass is 1170 g/mol. The number of aromatic nitrogens is 8. The molecule has 8 nitrogen and oxygen atoms in total. The molecule has 4 heterocycles. The third kappa shape index (κ3) is 9.76. The summed E-state index contributed by atoms with van der Waals surface area (Å²) >= 11 is 0. The van der Waals surface area contributed by atoms with Crippen LogP contribution < -0.4 is 0 Å². The molecule has 0 amide bonds. The van der Waals surface area contributed by atoms with Gasteiger partial charge in [-0.15, -0.1) is 0 Å². The van der Waals surface area contributed by atoms with Crippen molar-refractivity contribution >= 4 is 43.6 Å². The Morgan fingerprint density at radius 1 is 0.163 bits per heavy atom. The smallest absolute Gasteiger partial charge is 0.164 e. The number of hydrogen-bond donors (Lipinski definition) is 0. The van der Waals surface area contributed by atoms with E-state index in [4.69, 9.17) is 29.9 Å². The van der Waals surface area contributed by atoms with Crippen molar-refractivity contribution in [2.45, 2.75) is 0 Å². The van der Waals surface area contributed by atoms with Crippen LogP contribution in [0.3, 0.4) is 0 Å². The molecule has 17 aromatic rings. The number of hydrogen-bond acceptors (Lipinski definition) is 6. The van der Waals surface area contributed by atoms with E-state index in [0.29, 0.717) is 34.9 Å². The van der Waals surface area contributed by atoms with Gasteiger partial charge >= 0.3 is 0 Å². The first-order valence-corrected chi connectivity index (χ1v) is 30.9. The molecule has 0 unspecified atom stereocenters. The normalized spacial score (nSPS) is 11.5. The van der Waals surface area contributed by atoms with Crippen molar-refractivity contribution in [1.29, 1.82) is 0 Å². The Morgan fingerprint density at radius 3 is 0.587 bits per heavy atom. The van der Waals surface area contributed by atoms with E-state index in [9.17, 15) is 0 Å². The highest BCUT2D eigenvalue weighted by Gasteiger charge is 2.21. The van der Waals surface area contributed by atoms with Gasteiger partial charge in [0.25, 0.3) is 0 Å². The van der Waals surface area contributed by atoms with Crippen molar-refractivity contribution in [3.63, 3.8) is 0 Å². The minimum atomic E-state index is 0.593. The predicted octanol–water partition coefficient (Wildman–Crippen LogP) is 20.9. The summed E-state index contributed by atoms with van der Waals surface area (Å²) in [6.45, 7) is 0. The Hall–Kier alpha value is -12.5. The van der Waals surface area contributed by atoms with Gasteiger partial charge in [-0.1, -0.05) is 267 Å². The first-order valence-electron chi connectivity index (χ1n) is 30.9. The molecular weight excluding hydrogens is 1120 g/mol. The molecule has 0 fully saturated rings. The minimum Gasteiger partial charge on any atom is -0.309 e. The summed E-state index contributed by atoms with van der Waals surface area (Å²) in [4.78, 5) is 30.5. The van der Waals surface area contributed by atoms with Crippen LogP contribution in [0.5, 0.6) is 0 Å². The zero-order valence-electron chi connectivity index (χ0n) is 49.8. The lowest BCUT2D eigenvalue weighted by Crippen LogP contribution is -2.00. The highest BCUT2D eigenvalue weighted by molar-refractivity contribution is 6.10. The summed E-state index contributed by atoms with van der Waals surface area (Å²) in [6, 6.07) is 115. The average molecular weight is 1180 g/mol. The number of para-hydroxylation sites is 4. The van der Waals surface area contributed by atoms with Crippen LogP contribution in [-0.2, 0) is 0 Å². The Kier molecular flexibility index (Phi) is 13.4. The van der Waals surface area contributed by atoms with E-state index in [-0.39, 0.29) is 0 Å². The Balaban J connectivity index is 0.852. The van der Waals surface area contributed by atoms with Crippen molar-refractivity contribution in [1.82, 2.24) is 39.0 Å². The fourth-order valence-electron chi connectivity index (χ4n) is 13.0. The molecule has 0 aliphatic carbocycles. The van der Waals surface area contributed by atoms with Gasteiger partial charge in [0.2, 0.25) is 0 Å².